The van der Waals surface area contributed by atoms with Gasteiger partial charge in [0.05, 0.1) is 11.7 Å². The molecule has 0 aliphatic rings. The van der Waals surface area contributed by atoms with Gasteiger partial charge in [-0.05, 0) is 65.7 Å². The van der Waals surface area contributed by atoms with E-state index in [0.29, 0.717) is 11.4 Å². The Morgan fingerprint density at radius 3 is 2.35 bits per heavy atom. The molecule has 6 nitrogen and oxygen atoms in total. The average Bonchev–Trinajstić information content (AvgIpc) is 3.09. The highest BCUT2D eigenvalue weighted by atomic mass is 19.1. The van der Waals surface area contributed by atoms with Crippen LogP contribution in [0.4, 0.5) is 4.39 Å². The first-order chi connectivity index (χ1) is 12.5. The Kier molecular flexibility index (Phi) is 5.06. The SMILES string of the molecule is CC[C@H](c1ccc(F)cc1)N(C)C(=O)c1ccc(-n2nnnc2C)cc1. The van der Waals surface area contributed by atoms with Gasteiger partial charge in [-0.3, -0.25) is 4.79 Å². The summed E-state index contributed by atoms with van der Waals surface area (Å²) < 4.78 is 14.8. The van der Waals surface area contributed by atoms with Crippen molar-refractivity contribution in [3.8, 4) is 5.69 Å². The lowest BCUT2D eigenvalue weighted by Crippen LogP contribution is -2.31. The first kappa shape index (κ1) is 17.7. The summed E-state index contributed by atoms with van der Waals surface area (Å²) in [5, 5.41) is 11.4. The zero-order valence-electron chi connectivity index (χ0n) is 14.9. The van der Waals surface area contributed by atoms with E-state index in [4.69, 9.17) is 0 Å². The minimum atomic E-state index is -0.286. The van der Waals surface area contributed by atoms with Crippen molar-refractivity contribution in [3.63, 3.8) is 0 Å². The predicted octanol–water partition coefficient (Wildman–Crippen LogP) is 3.33. The fraction of sp³-hybridized carbons (Fsp3) is 0.263. The van der Waals surface area contributed by atoms with Crippen LogP contribution in [0, 0.1) is 12.7 Å². The number of halogens is 1. The van der Waals surface area contributed by atoms with Crippen LogP contribution < -0.4 is 0 Å². The number of carbonyl (C=O) groups is 1. The molecule has 0 radical (unpaired) electrons. The van der Waals surface area contributed by atoms with Gasteiger partial charge in [-0.15, -0.1) is 5.10 Å². The van der Waals surface area contributed by atoms with E-state index in [-0.39, 0.29) is 17.8 Å². The molecule has 1 amide bonds. The largest absolute Gasteiger partial charge is 0.335 e. The van der Waals surface area contributed by atoms with Crippen molar-refractivity contribution >= 4 is 5.91 Å². The van der Waals surface area contributed by atoms with E-state index in [9.17, 15) is 9.18 Å². The van der Waals surface area contributed by atoms with Crippen LogP contribution in [-0.2, 0) is 0 Å². The van der Waals surface area contributed by atoms with Gasteiger partial charge in [0.1, 0.15) is 5.82 Å². The standard InChI is InChI=1S/C19H20FN5O/c1-4-18(14-5-9-16(20)10-6-14)24(3)19(26)15-7-11-17(12-8-15)25-13(2)21-22-23-25/h5-12,18H,4H2,1-3H3/t18-/m1/s1. The zero-order chi connectivity index (χ0) is 18.7. The van der Waals surface area contributed by atoms with Gasteiger partial charge in [0.15, 0.2) is 5.82 Å². The van der Waals surface area contributed by atoms with Gasteiger partial charge in [0.2, 0.25) is 0 Å². The van der Waals surface area contributed by atoms with Crippen LogP contribution >= 0.6 is 0 Å². The van der Waals surface area contributed by atoms with Crippen LogP contribution in [0.5, 0.6) is 0 Å². The number of aryl methyl sites for hydroxylation is 1. The fourth-order valence-corrected chi connectivity index (χ4v) is 2.98. The number of aromatic nitrogens is 4. The lowest BCUT2D eigenvalue weighted by Gasteiger charge is -2.28. The number of tetrazole rings is 1. The first-order valence-corrected chi connectivity index (χ1v) is 8.39. The van der Waals surface area contributed by atoms with Gasteiger partial charge in [-0.25, -0.2) is 4.39 Å². The number of carbonyl (C=O) groups excluding carboxylic acids is 1. The van der Waals surface area contributed by atoms with Crippen LogP contribution in [0.2, 0.25) is 0 Å². The second kappa shape index (κ2) is 7.43. The smallest absolute Gasteiger partial charge is 0.254 e. The summed E-state index contributed by atoms with van der Waals surface area (Å²) in [4.78, 5) is 14.5. The molecule has 0 bridgehead atoms. The van der Waals surface area contributed by atoms with Crippen LogP contribution in [0.15, 0.2) is 48.5 Å². The summed E-state index contributed by atoms with van der Waals surface area (Å²) in [6, 6.07) is 13.3. The molecule has 0 spiro atoms. The molecule has 134 valence electrons. The van der Waals surface area contributed by atoms with Gasteiger partial charge >= 0.3 is 0 Å². The normalized spacial score (nSPS) is 12.0. The van der Waals surface area contributed by atoms with E-state index in [2.05, 4.69) is 15.5 Å². The van der Waals surface area contributed by atoms with Gasteiger partial charge in [0.25, 0.3) is 5.91 Å². The summed E-state index contributed by atoms with van der Waals surface area (Å²) in [6.45, 7) is 3.81. The zero-order valence-corrected chi connectivity index (χ0v) is 14.9. The van der Waals surface area contributed by atoms with E-state index in [1.807, 2.05) is 19.1 Å². The maximum Gasteiger partial charge on any atom is 0.254 e. The minimum absolute atomic E-state index is 0.0961. The average molecular weight is 353 g/mol. The van der Waals surface area contributed by atoms with Gasteiger partial charge in [-0.1, -0.05) is 19.1 Å². The quantitative estimate of drug-likeness (QED) is 0.706. The maximum absolute atomic E-state index is 13.2. The third-order valence-corrected chi connectivity index (χ3v) is 4.41. The number of hydrogen-bond acceptors (Lipinski definition) is 4. The second-order valence-corrected chi connectivity index (χ2v) is 6.08. The van der Waals surface area contributed by atoms with Crippen molar-refractivity contribution in [1.29, 1.82) is 0 Å². The lowest BCUT2D eigenvalue weighted by atomic mass is 10.0. The number of amides is 1. The molecule has 7 heteroatoms. The molecule has 0 N–H and O–H groups in total. The highest BCUT2D eigenvalue weighted by Crippen LogP contribution is 2.25. The van der Waals surface area contributed by atoms with E-state index >= 15 is 0 Å². The Bertz CT molecular complexity index is 889. The van der Waals surface area contributed by atoms with Crippen molar-refractivity contribution in [3.05, 3.63) is 71.3 Å². The molecule has 1 heterocycles. The fourth-order valence-electron chi connectivity index (χ4n) is 2.98. The Balaban J connectivity index is 1.81. The molecule has 0 saturated carbocycles. The summed E-state index contributed by atoms with van der Waals surface area (Å²) in [6.07, 6.45) is 0.732. The van der Waals surface area contributed by atoms with Crippen LogP contribution in [0.3, 0.4) is 0 Å². The summed E-state index contributed by atoms with van der Waals surface area (Å²) in [7, 11) is 1.76. The molecule has 0 fully saturated rings. The van der Waals surface area contributed by atoms with Crippen molar-refractivity contribution in [1.82, 2.24) is 25.1 Å². The molecule has 0 aliphatic carbocycles. The third kappa shape index (κ3) is 3.46. The first-order valence-electron chi connectivity index (χ1n) is 8.39. The minimum Gasteiger partial charge on any atom is -0.335 e. The van der Waals surface area contributed by atoms with E-state index in [1.54, 1.807) is 47.8 Å². The summed E-state index contributed by atoms with van der Waals surface area (Å²) in [5.41, 5.74) is 2.27. The molecule has 1 atom stereocenters. The van der Waals surface area contributed by atoms with Crippen LogP contribution in [0.25, 0.3) is 5.69 Å². The molecular formula is C19H20FN5O. The molecule has 0 unspecified atom stereocenters. The maximum atomic E-state index is 13.2. The number of benzene rings is 2. The van der Waals surface area contributed by atoms with Gasteiger partial charge in [0, 0.05) is 12.6 Å². The molecule has 0 aliphatic heterocycles. The molecule has 0 saturated heterocycles. The molecule has 3 aromatic rings. The van der Waals surface area contributed by atoms with E-state index < -0.39 is 0 Å². The number of hydrogen-bond donors (Lipinski definition) is 0. The Labute approximate surface area is 151 Å². The second-order valence-electron chi connectivity index (χ2n) is 6.08. The predicted molar refractivity (Wildman–Crippen MR) is 95.4 cm³/mol. The molecule has 26 heavy (non-hydrogen) atoms. The highest BCUT2D eigenvalue weighted by Gasteiger charge is 2.21. The van der Waals surface area contributed by atoms with Crippen molar-refractivity contribution in [2.75, 3.05) is 7.05 Å². The molecule has 1 aromatic heterocycles. The molecular weight excluding hydrogens is 333 g/mol. The van der Waals surface area contributed by atoms with Crippen molar-refractivity contribution < 1.29 is 9.18 Å². The van der Waals surface area contributed by atoms with Gasteiger partial charge in [-0.2, -0.15) is 4.68 Å². The Morgan fingerprint density at radius 2 is 1.81 bits per heavy atom. The Hall–Kier alpha value is -3.09. The monoisotopic (exact) mass is 353 g/mol. The summed E-state index contributed by atoms with van der Waals surface area (Å²) >= 11 is 0. The highest BCUT2D eigenvalue weighted by molar-refractivity contribution is 5.94. The molecule has 3 rings (SSSR count). The van der Waals surface area contributed by atoms with E-state index in [1.165, 1.54) is 12.1 Å². The number of rotatable bonds is 5. The lowest BCUT2D eigenvalue weighted by molar-refractivity contribution is 0.0726. The van der Waals surface area contributed by atoms with Crippen LogP contribution in [0.1, 0.15) is 41.1 Å². The van der Waals surface area contributed by atoms with Crippen LogP contribution in [-0.4, -0.2) is 38.1 Å². The van der Waals surface area contributed by atoms with Gasteiger partial charge < -0.3 is 4.90 Å². The van der Waals surface area contributed by atoms with Crippen molar-refractivity contribution in [2.24, 2.45) is 0 Å². The number of nitrogens with zero attached hydrogens (tertiary/aromatic N) is 5. The van der Waals surface area contributed by atoms with Crippen molar-refractivity contribution in [2.45, 2.75) is 26.3 Å². The summed E-state index contributed by atoms with van der Waals surface area (Å²) in [5.74, 6) is 0.288. The molecule has 2 aromatic carbocycles. The Morgan fingerprint density at radius 1 is 1.15 bits per heavy atom. The third-order valence-electron chi connectivity index (χ3n) is 4.41. The topological polar surface area (TPSA) is 63.9 Å². The van der Waals surface area contributed by atoms with E-state index in [0.717, 1.165) is 17.7 Å².